The van der Waals surface area contributed by atoms with Gasteiger partial charge in [-0.2, -0.15) is 9.40 Å². The maximum absolute atomic E-state index is 13.1. The molecule has 1 heterocycles. The molecule has 0 atom stereocenters. The Morgan fingerprint density at radius 3 is 2.53 bits per heavy atom. The lowest BCUT2D eigenvalue weighted by molar-refractivity contribution is -0.116. The fourth-order valence-corrected chi connectivity index (χ4v) is 4.54. The molecule has 0 saturated heterocycles. The number of fused-ring (bicyclic) bond motifs is 1. The highest BCUT2D eigenvalue weighted by molar-refractivity contribution is 7.89. The average Bonchev–Trinajstić information content (AvgIpc) is 3.20. The Labute approximate surface area is 185 Å². The summed E-state index contributed by atoms with van der Waals surface area (Å²) in [6.45, 7) is 0.0346. The minimum absolute atomic E-state index is 0.0878. The van der Waals surface area contributed by atoms with Gasteiger partial charge in [0.2, 0.25) is 15.9 Å². The average molecular weight is 453 g/mol. The van der Waals surface area contributed by atoms with Gasteiger partial charge in [-0.25, -0.2) is 17.5 Å². The van der Waals surface area contributed by atoms with Gasteiger partial charge in [0, 0.05) is 13.1 Å². The number of likely N-dealkylation sites (N-methyl/N-ethyl adjacent to an activating group) is 1. The number of sulfonamides is 1. The Bertz CT molecular complexity index is 1360. The lowest BCUT2D eigenvalue weighted by Gasteiger charge is -2.17. The van der Waals surface area contributed by atoms with Crippen LogP contribution in [-0.4, -0.2) is 42.0 Å². The molecule has 0 radical (unpaired) electrons. The Balaban J connectivity index is 1.47. The number of hydrogen-bond acceptors (Lipinski definition) is 4. The van der Waals surface area contributed by atoms with Crippen molar-refractivity contribution < 1.29 is 17.6 Å². The first kappa shape index (κ1) is 21.7. The largest absolute Gasteiger partial charge is 0.310 e. The Hall–Kier alpha value is -3.56. The second-order valence-corrected chi connectivity index (χ2v) is 9.32. The second-order valence-electron chi connectivity index (χ2n) is 7.28. The van der Waals surface area contributed by atoms with E-state index < -0.39 is 28.3 Å². The molecule has 0 aliphatic heterocycles. The van der Waals surface area contributed by atoms with Gasteiger partial charge in [0.1, 0.15) is 11.6 Å². The summed E-state index contributed by atoms with van der Waals surface area (Å²) in [7, 11) is -2.63. The molecule has 0 unspecified atom stereocenters. The number of nitrogens with one attached hydrogen (secondary N) is 1. The number of aromatic nitrogens is 2. The molecule has 4 rings (SSSR count). The first-order valence-corrected chi connectivity index (χ1v) is 11.3. The molecule has 4 aromatic rings. The lowest BCUT2D eigenvalue weighted by atomic mass is 10.0. The number of halogens is 1. The molecule has 0 aliphatic carbocycles. The number of hydrogen-bond donors (Lipinski definition) is 1. The van der Waals surface area contributed by atoms with Gasteiger partial charge in [-0.1, -0.05) is 42.5 Å². The lowest BCUT2D eigenvalue weighted by Crippen LogP contribution is -2.35. The number of rotatable bonds is 7. The van der Waals surface area contributed by atoms with Crippen LogP contribution in [0.4, 0.5) is 10.2 Å². The van der Waals surface area contributed by atoms with Crippen LogP contribution in [0, 0.1) is 5.82 Å². The minimum atomic E-state index is -3.93. The van der Waals surface area contributed by atoms with Gasteiger partial charge in [0.05, 0.1) is 24.2 Å². The van der Waals surface area contributed by atoms with Crippen molar-refractivity contribution in [3.63, 3.8) is 0 Å². The van der Waals surface area contributed by atoms with Crippen molar-refractivity contribution in [2.24, 2.45) is 0 Å². The van der Waals surface area contributed by atoms with Crippen molar-refractivity contribution in [3.8, 4) is 0 Å². The van der Waals surface area contributed by atoms with E-state index >= 15 is 0 Å². The van der Waals surface area contributed by atoms with Crippen molar-refractivity contribution in [1.82, 2.24) is 14.1 Å². The molecule has 1 N–H and O–H groups in total. The predicted octanol–water partition coefficient (Wildman–Crippen LogP) is 3.48. The zero-order valence-corrected chi connectivity index (χ0v) is 18.1. The van der Waals surface area contributed by atoms with Gasteiger partial charge < -0.3 is 5.32 Å². The number of amides is 1. The highest BCUT2D eigenvalue weighted by Crippen LogP contribution is 2.21. The van der Waals surface area contributed by atoms with E-state index in [4.69, 9.17) is 0 Å². The van der Waals surface area contributed by atoms with Gasteiger partial charge in [0.25, 0.3) is 0 Å². The molecule has 0 spiro atoms. The first-order valence-electron chi connectivity index (χ1n) is 9.85. The molecule has 3 aromatic carbocycles. The molecular weight excluding hydrogens is 431 g/mol. The van der Waals surface area contributed by atoms with Crippen LogP contribution in [0.1, 0.15) is 5.56 Å². The van der Waals surface area contributed by atoms with E-state index in [1.165, 1.54) is 19.2 Å². The zero-order chi connectivity index (χ0) is 22.7. The van der Waals surface area contributed by atoms with Gasteiger partial charge in [-0.05, 0) is 40.6 Å². The summed E-state index contributed by atoms with van der Waals surface area (Å²) >= 11 is 0. The normalized spacial score (nSPS) is 11.7. The second kappa shape index (κ2) is 8.89. The molecule has 1 aromatic heterocycles. The summed E-state index contributed by atoms with van der Waals surface area (Å²) in [6, 6.07) is 20.1. The van der Waals surface area contributed by atoms with E-state index in [1.807, 2.05) is 42.5 Å². The highest BCUT2D eigenvalue weighted by Gasteiger charge is 2.23. The summed E-state index contributed by atoms with van der Waals surface area (Å²) in [6.07, 6.45) is 1.57. The van der Waals surface area contributed by atoms with Crippen LogP contribution in [0.5, 0.6) is 0 Å². The first-order chi connectivity index (χ1) is 15.3. The van der Waals surface area contributed by atoms with Crippen molar-refractivity contribution in [3.05, 3.63) is 90.4 Å². The summed E-state index contributed by atoms with van der Waals surface area (Å²) < 4.78 is 40.9. The molecule has 164 valence electrons. The van der Waals surface area contributed by atoms with Gasteiger partial charge >= 0.3 is 0 Å². The van der Waals surface area contributed by atoms with Crippen molar-refractivity contribution in [2.45, 2.75) is 11.4 Å². The standard InChI is InChI=1S/C23H21FN4O3S/c1-27(32(30,31)20-11-9-19(24)10-12-20)16-23(29)26-22-13-14-25-28(22)15-18-7-4-6-17-5-2-3-8-21(17)18/h2-14H,15-16H2,1H3,(H,26,29). The molecule has 0 bridgehead atoms. The maximum Gasteiger partial charge on any atom is 0.243 e. The van der Waals surface area contributed by atoms with Crippen molar-refractivity contribution in [2.75, 3.05) is 18.9 Å². The number of benzene rings is 3. The van der Waals surface area contributed by atoms with Crippen molar-refractivity contribution in [1.29, 1.82) is 0 Å². The van der Waals surface area contributed by atoms with Gasteiger partial charge in [-0.15, -0.1) is 0 Å². The molecule has 7 nitrogen and oxygen atoms in total. The zero-order valence-electron chi connectivity index (χ0n) is 17.3. The molecule has 1 amide bonds. The summed E-state index contributed by atoms with van der Waals surface area (Å²) in [5.74, 6) is -0.600. The Morgan fingerprint density at radius 1 is 1.03 bits per heavy atom. The molecular formula is C23H21FN4O3S. The minimum Gasteiger partial charge on any atom is -0.310 e. The topological polar surface area (TPSA) is 84.3 Å². The predicted molar refractivity (Wildman–Crippen MR) is 120 cm³/mol. The smallest absolute Gasteiger partial charge is 0.243 e. The number of carbonyl (C=O) groups excluding carboxylic acids is 1. The van der Waals surface area contributed by atoms with Crippen LogP contribution in [0.15, 0.2) is 83.9 Å². The van der Waals surface area contributed by atoms with E-state index in [1.54, 1.807) is 16.9 Å². The number of carbonyl (C=O) groups is 1. The quantitative estimate of drug-likeness (QED) is 0.465. The summed E-state index contributed by atoms with van der Waals surface area (Å²) in [4.78, 5) is 12.5. The van der Waals surface area contributed by atoms with Gasteiger partial charge in [0.15, 0.2) is 0 Å². The van der Waals surface area contributed by atoms with Crippen LogP contribution in [0.25, 0.3) is 10.8 Å². The van der Waals surface area contributed by atoms with Gasteiger partial charge in [-0.3, -0.25) is 4.79 Å². The summed E-state index contributed by atoms with van der Waals surface area (Å²) in [5, 5.41) is 9.20. The van der Waals surface area contributed by atoms with Crippen LogP contribution in [0.3, 0.4) is 0 Å². The summed E-state index contributed by atoms with van der Waals surface area (Å²) in [5.41, 5.74) is 1.04. The SMILES string of the molecule is CN(CC(=O)Nc1ccnn1Cc1cccc2ccccc12)S(=O)(=O)c1ccc(F)cc1. The molecule has 32 heavy (non-hydrogen) atoms. The highest BCUT2D eigenvalue weighted by atomic mass is 32.2. The Morgan fingerprint density at radius 2 is 1.75 bits per heavy atom. The Kier molecular flexibility index (Phi) is 6.02. The van der Waals surface area contributed by atoms with E-state index in [0.29, 0.717) is 12.4 Å². The van der Waals surface area contributed by atoms with Crippen LogP contribution >= 0.6 is 0 Å². The monoisotopic (exact) mass is 452 g/mol. The van der Waals surface area contributed by atoms with Crippen LogP contribution < -0.4 is 5.32 Å². The fraction of sp³-hybridized carbons (Fsp3) is 0.130. The molecule has 9 heteroatoms. The third-order valence-electron chi connectivity index (χ3n) is 5.07. The van der Waals surface area contributed by atoms with E-state index in [2.05, 4.69) is 10.4 Å². The molecule has 0 saturated carbocycles. The van der Waals surface area contributed by atoms with Crippen LogP contribution in [-0.2, 0) is 21.4 Å². The fourth-order valence-electron chi connectivity index (χ4n) is 3.41. The van der Waals surface area contributed by atoms with E-state index in [9.17, 15) is 17.6 Å². The maximum atomic E-state index is 13.1. The molecule has 0 aliphatic rings. The van der Waals surface area contributed by atoms with Crippen molar-refractivity contribution >= 4 is 32.5 Å². The number of anilines is 1. The van der Waals surface area contributed by atoms with E-state index in [-0.39, 0.29) is 4.90 Å². The number of nitrogens with zero attached hydrogens (tertiary/aromatic N) is 3. The third-order valence-corrected chi connectivity index (χ3v) is 6.89. The van der Waals surface area contributed by atoms with Crippen LogP contribution in [0.2, 0.25) is 0 Å². The third kappa shape index (κ3) is 4.53. The molecule has 0 fully saturated rings. The van der Waals surface area contributed by atoms with E-state index in [0.717, 1.165) is 32.8 Å².